The molecule has 1 aliphatic rings. The van der Waals surface area contributed by atoms with Gasteiger partial charge in [0.2, 0.25) is 5.91 Å². The molecule has 5 nitrogen and oxygen atoms in total. The van der Waals surface area contributed by atoms with Gasteiger partial charge in [0.25, 0.3) is 0 Å². The lowest BCUT2D eigenvalue weighted by atomic mass is 9.98. The van der Waals surface area contributed by atoms with Crippen molar-refractivity contribution in [3.05, 3.63) is 47.5 Å². The maximum absolute atomic E-state index is 12.1. The first-order valence-corrected chi connectivity index (χ1v) is 10.7. The predicted molar refractivity (Wildman–Crippen MR) is 110 cm³/mol. The van der Waals surface area contributed by atoms with Crippen LogP contribution in [0.4, 0.5) is 0 Å². The minimum absolute atomic E-state index is 0.102. The van der Waals surface area contributed by atoms with Crippen molar-refractivity contribution in [1.82, 2.24) is 10.6 Å². The molecule has 0 aliphatic heterocycles. The normalized spacial score (nSPS) is 14.9. The van der Waals surface area contributed by atoms with Crippen molar-refractivity contribution in [3.8, 4) is 0 Å². The van der Waals surface area contributed by atoms with E-state index in [1.165, 1.54) is 34.7 Å². The van der Waals surface area contributed by atoms with Crippen molar-refractivity contribution in [3.63, 3.8) is 0 Å². The SMILES string of the molecule is CSCCC(NC(=O)CNCc1cc(C2CC2)cc2ccccc12)C(=O)O. The van der Waals surface area contributed by atoms with Gasteiger partial charge in [-0.15, -0.1) is 0 Å². The van der Waals surface area contributed by atoms with E-state index in [4.69, 9.17) is 0 Å². The zero-order valence-corrected chi connectivity index (χ0v) is 16.3. The van der Waals surface area contributed by atoms with Gasteiger partial charge in [0.1, 0.15) is 6.04 Å². The number of hydrogen-bond donors (Lipinski definition) is 3. The molecule has 0 saturated heterocycles. The molecule has 3 rings (SSSR count). The Balaban J connectivity index is 1.60. The van der Waals surface area contributed by atoms with E-state index in [0.717, 1.165) is 0 Å². The van der Waals surface area contributed by atoms with E-state index in [0.29, 0.717) is 24.6 Å². The number of thioether (sulfide) groups is 1. The van der Waals surface area contributed by atoms with Crippen LogP contribution in [0.2, 0.25) is 0 Å². The van der Waals surface area contributed by atoms with Crippen LogP contribution in [0, 0.1) is 0 Å². The van der Waals surface area contributed by atoms with E-state index in [9.17, 15) is 14.7 Å². The van der Waals surface area contributed by atoms with Gasteiger partial charge in [-0.1, -0.05) is 36.4 Å². The van der Waals surface area contributed by atoms with Crippen LogP contribution < -0.4 is 10.6 Å². The Kier molecular flexibility index (Phi) is 6.74. The van der Waals surface area contributed by atoms with Crippen LogP contribution in [-0.2, 0) is 16.1 Å². The number of carboxylic acids is 1. The topological polar surface area (TPSA) is 78.4 Å². The van der Waals surface area contributed by atoms with Gasteiger partial charge in [-0.25, -0.2) is 4.79 Å². The van der Waals surface area contributed by atoms with Gasteiger partial charge in [-0.3, -0.25) is 4.79 Å². The molecule has 1 atom stereocenters. The third kappa shape index (κ3) is 5.47. The molecule has 0 spiro atoms. The molecular weight excluding hydrogens is 360 g/mol. The number of amides is 1. The molecule has 144 valence electrons. The predicted octanol–water partition coefficient (Wildman–Crippen LogP) is 3.13. The van der Waals surface area contributed by atoms with E-state index >= 15 is 0 Å². The van der Waals surface area contributed by atoms with E-state index < -0.39 is 12.0 Å². The molecule has 0 heterocycles. The Morgan fingerprint density at radius 1 is 1.26 bits per heavy atom. The molecule has 1 unspecified atom stereocenters. The smallest absolute Gasteiger partial charge is 0.326 e. The summed E-state index contributed by atoms with van der Waals surface area (Å²) in [5, 5.41) is 17.4. The Hall–Kier alpha value is -2.05. The summed E-state index contributed by atoms with van der Waals surface area (Å²) < 4.78 is 0. The lowest BCUT2D eigenvalue weighted by Crippen LogP contribution is -2.44. The number of aliphatic carboxylic acids is 1. The maximum atomic E-state index is 12.1. The number of hydrogen-bond acceptors (Lipinski definition) is 4. The Morgan fingerprint density at radius 2 is 2.04 bits per heavy atom. The average Bonchev–Trinajstić information content (AvgIpc) is 3.50. The number of fused-ring (bicyclic) bond motifs is 1. The summed E-state index contributed by atoms with van der Waals surface area (Å²) in [6.45, 7) is 0.683. The van der Waals surface area contributed by atoms with Crippen molar-refractivity contribution in [2.45, 2.75) is 37.8 Å². The Labute approximate surface area is 163 Å². The highest BCUT2D eigenvalue weighted by atomic mass is 32.2. The quantitative estimate of drug-likeness (QED) is 0.585. The third-order valence-electron chi connectivity index (χ3n) is 4.86. The highest BCUT2D eigenvalue weighted by molar-refractivity contribution is 7.98. The largest absolute Gasteiger partial charge is 0.480 e. The van der Waals surface area contributed by atoms with E-state index in [2.05, 4.69) is 34.9 Å². The molecule has 6 heteroatoms. The molecule has 1 saturated carbocycles. The zero-order chi connectivity index (χ0) is 19.2. The van der Waals surface area contributed by atoms with Gasteiger partial charge in [0.15, 0.2) is 0 Å². The number of benzene rings is 2. The lowest BCUT2D eigenvalue weighted by Gasteiger charge is -2.15. The van der Waals surface area contributed by atoms with Gasteiger partial charge in [0, 0.05) is 6.54 Å². The van der Waals surface area contributed by atoms with Crippen molar-refractivity contribution < 1.29 is 14.7 Å². The molecule has 27 heavy (non-hydrogen) atoms. The van der Waals surface area contributed by atoms with Crippen LogP contribution in [0.3, 0.4) is 0 Å². The molecule has 1 fully saturated rings. The number of rotatable bonds is 10. The van der Waals surface area contributed by atoms with Crippen LogP contribution in [0.1, 0.15) is 36.3 Å². The minimum atomic E-state index is -0.986. The number of carboxylic acid groups (broad SMARTS) is 1. The monoisotopic (exact) mass is 386 g/mol. The van der Waals surface area contributed by atoms with Crippen molar-refractivity contribution in [2.75, 3.05) is 18.6 Å². The molecule has 2 aromatic rings. The summed E-state index contributed by atoms with van der Waals surface area (Å²) in [5.74, 6) is 0.0982. The van der Waals surface area contributed by atoms with E-state index in [1.54, 1.807) is 11.8 Å². The Bertz CT molecular complexity index is 820. The molecule has 2 aromatic carbocycles. The van der Waals surface area contributed by atoms with Crippen LogP contribution >= 0.6 is 11.8 Å². The summed E-state index contributed by atoms with van der Waals surface area (Å²) in [6.07, 6.45) is 4.85. The number of nitrogens with one attached hydrogen (secondary N) is 2. The standard InChI is InChI=1S/C21H26N2O3S/c1-27-9-8-19(21(25)26)23-20(24)13-22-12-17-11-16(14-6-7-14)10-15-4-2-3-5-18(15)17/h2-5,10-11,14,19,22H,6-9,12-13H2,1H3,(H,23,24)(H,25,26). The Morgan fingerprint density at radius 3 is 2.74 bits per heavy atom. The summed E-state index contributed by atoms with van der Waals surface area (Å²) in [7, 11) is 0. The third-order valence-corrected chi connectivity index (χ3v) is 5.51. The maximum Gasteiger partial charge on any atom is 0.326 e. The van der Waals surface area contributed by atoms with Crippen molar-refractivity contribution >= 4 is 34.4 Å². The first kappa shape index (κ1) is 19.7. The fourth-order valence-corrected chi connectivity index (χ4v) is 3.73. The second kappa shape index (κ2) is 9.24. The molecule has 1 amide bonds. The fraction of sp³-hybridized carbons (Fsp3) is 0.429. The van der Waals surface area contributed by atoms with Crippen LogP contribution in [0.15, 0.2) is 36.4 Å². The van der Waals surface area contributed by atoms with Gasteiger partial charge < -0.3 is 15.7 Å². The second-order valence-electron chi connectivity index (χ2n) is 7.02. The van der Waals surface area contributed by atoms with Crippen LogP contribution in [-0.4, -0.2) is 41.6 Å². The summed E-state index contributed by atoms with van der Waals surface area (Å²) in [6, 6.07) is 12.0. The lowest BCUT2D eigenvalue weighted by molar-refractivity contribution is -0.141. The highest BCUT2D eigenvalue weighted by Gasteiger charge is 2.24. The van der Waals surface area contributed by atoms with Gasteiger partial charge >= 0.3 is 5.97 Å². The zero-order valence-electron chi connectivity index (χ0n) is 15.5. The molecular formula is C21H26N2O3S. The van der Waals surface area contributed by atoms with Gasteiger partial charge in [-0.05, 0) is 59.1 Å². The molecule has 0 radical (unpaired) electrons. The number of carbonyl (C=O) groups excluding carboxylic acids is 1. The highest BCUT2D eigenvalue weighted by Crippen LogP contribution is 2.41. The minimum Gasteiger partial charge on any atom is -0.480 e. The van der Waals surface area contributed by atoms with Crippen LogP contribution in [0.25, 0.3) is 10.8 Å². The van der Waals surface area contributed by atoms with Crippen molar-refractivity contribution in [1.29, 1.82) is 0 Å². The fourth-order valence-electron chi connectivity index (χ4n) is 3.26. The first-order chi connectivity index (χ1) is 13.1. The van der Waals surface area contributed by atoms with Crippen LogP contribution in [0.5, 0.6) is 0 Å². The molecule has 3 N–H and O–H groups in total. The molecule has 1 aliphatic carbocycles. The van der Waals surface area contributed by atoms with Gasteiger partial charge in [0.05, 0.1) is 6.54 Å². The van der Waals surface area contributed by atoms with Gasteiger partial charge in [-0.2, -0.15) is 11.8 Å². The van der Waals surface area contributed by atoms with E-state index in [-0.39, 0.29) is 12.5 Å². The summed E-state index contributed by atoms with van der Waals surface area (Å²) in [4.78, 5) is 23.4. The number of carbonyl (C=O) groups is 2. The first-order valence-electron chi connectivity index (χ1n) is 9.32. The van der Waals surface area contributed by atoms with E-state index in [1.807, 2.05) is 18.4 Å². The van der Waals surface area contributed by atoms with Crippen molar-refractivity contribution in [2.24, 2.45) is 0 Å². The summed E-state index contributed by atoms with van der Waals surface area (Å²) in [5.41, 5.74) is 2.55. The molecule has 0 bridgehead atoms. The average molecular weight is 387 g/mol. The molecule has 0 aromatic heterocycles. The second-order valence-corrected chi connectivity index (χ2v) is 8.00. The summed E-state index contributed by atoms with van der Waals surface area (Å²) >= 11 is 1.57.